The second-order valence-corrected chi connectivity index (χ2v) is 7.43. The van der Waals surface area contributed by atoms with E-state index in [1.54, 1.807) is 4.68 Å². The van der Waals surface area contributed by atoms with E-state index in [4.69, 9.17) is 4.74 Å². The maximum atomic E-state index is 11.5. The third kappa shape index (κ3) is 3.03. The molecule has 27 heavy (non-hydrogen) atoms. The van der Waals surface area contributed by atoms with Crippen LogP contribution >= 0.6 is 0 Å². The Morgan fingerprint density at radius 1 is 1.22 bits per heavy atom. The fourth-order valence-corrected chi connectivity index (χ4v) is 4.08. The van der Waals surface area contributed by atoms with Gasteiger partial charge in [0, 0.05) is 38.6 Å². The van der Waals surface area contributed by atoms with E-state index < -0.39 is 0 Å². The van der Waals surface area contributed by atoms with Gasteiger partial charge < -0.3 is 15.0 Å². The largest absolute Gasteiger partial charge is 0.493 e. The number of rotatable bonds is 3. The van der Waals surface area contributed by atoms with Crippen molar-refractivity contribution in [1.29, 1.82) is 0 Å². The maximum absolute atomic E-state index is 11.5. The number of carbonyl (C=O) groups excluding carboxylic acids is 1. The summed E-state index contributed by atoms with van der Waals surface area (Å²) in [7, 11) is 0. The van der Waals surface area contributed by atoms with Crippen molar-refractivity contribution in [3.63, 3.8) is 0 Å². The van der Waals surface area contributed by atoms with Gasteiger partial charge in [0.25, 0.3) is 0 Å². The molecule has 0 bridgehead atoms. The number of nitrogens with zero attached hydrogens (tertiary/aromatic N) is 5. The highest BCUT2D eigenvalue weighted by Gasteiger charge is 2.27. The van der Waals surface area contributed by atoms with Crippen molar-refractivity contribution in [2.75, 3.05) is 37.7 Å². The minimum Gasteiger partial charge on any atom is -0.493 e. The SMILES string of the molecule is C[C@@H](c1ccc2c(c1)OCC2)N1CCN(c2nc3n(n2)CC(=O)NC3)CC1. The summed E-state index contributed by atoms with van der Waals surface area (Å²) >= 11 is 0. The van der Waals surface area contributed by atoms with Gasteiger partial charge in [0.2, 0.25) is 11.9 Å². The predicted molar refractivity (Wildman–Crippen MR) is 99.7 cm³/mol. The molecule has 142 valence electrons. The van der Waals surface area contributed by atoms with E-state index in [0.717, 1.165) is 56.7 Å². The second-order valence-electron chi connectivity index (χ2n) is 7.43. The van der Waals surface area contributed by atoms with Gasteiger partial charge in [-0.3, -0.25) is 9.69 Å². The summed E-state index contributed by atoms with van der Waals surface area (Å²) < 4.78 is 7.44. The Hall–Kier alpha value is -2.61. The molecule has 1 amide bonds. The molecule has 1 fully saturated rings. The van der Waals surface area contributed by atoms with Crippen LogP contribution in [0.5, 0.6) is 5.75 Å². The monoisotopic (exact) mass is 368 g/mol. The molecular weight excluding hydrogens is 344 g/mol. The Balaban J connectivity index is 1.24. The summed E-state index contributed by atoms with van der Waals surface area (Å²) in [5, 5.41) is 7.34. The minimum atomic E-state index is -0.00378. The number of amides is 1. The third-order valence-electron chi connectivity index (χ3n) is 5.82. The number of ether oxygens (including phenoxy) is 1. The lowest BCUT2D eigenvalue weighted by molar-refractivity contribution is -0.122. The standard InChI is InChI=1S/C19H24N6O2/c1-13(15-3-2-14-4-9-27-16(14)10-15)23-5-7-24(8-6-23)19-21-17-11-20-18(26)12-25(17)22-19/h2-3,10,13H,4-9,11-12H2,1H3,(H,20,26)/t13-/m0/s1. The van der Waals surface area contributed by atoms with Gasteiger partial charge in [0.05, 0.1) is 13.2 Å². The fourth-order valence-electron chi connectivity index (χ4n) is 4.08. The molecule has 3 aliphatic rings. The van der Waals surface area contributed by atoms with Crippen LogP contribution in [0, 0.1) is 0 Å². The van der Waals surface area contributed by atoms with Gasteiger partial charge in [-0.1, -0.05) is 12.1 Å². The summed E-state index contributed by atoms with van der Waals surface area (Å²) in [4.78, 5) is 20.8. The molecule has 0 spiro atoms. The van der Waals surface area contributed by atoms with Crippen molar-refractivity contribution in [1.82, 2.24) is 25.0 Å². The summed E-state index contributed by atoms with van der Waals surface area (Å²) in [6.45, 7) is 7.47. The Morgan fingerprint density at radius 3 is 2.93 bits per heavy atom. The van der Waals surface area contributed by atoms with Crippen molar-refractivity contribution < 1.29 is 9.53 Å². The van der Waals surface area contributed by atoms with Gasteiger partial charge in [0.15, 0.2) is 0 Å². The normalized spacial score (nSPS) is 20.6. The van der Waals surface area contributed by atoms with Gasteiger partial charge in [0.1, 0.15) is 18.1 Å². The average Bonchev–Trinajstić information content (AvgIpc) is 3.33. The highest BCUT2D eigenvalue weighted by atomic mass is 16.5. The quantitative estimate of drug-likeness (QED) is 0.861. The fraction of sp³-hybridized carbons (Fsp3) is 0.526. The van der Waals surface area contributed by atoms with E-state index in [9.17, 15) is 4.79 Å². The molecule has 0 aliphatic carbocycles. The molecule has 0 unspecified atom stereocenters. The topological polar surface area (TPSA) is 75.5 Å². The summed E-state index contributed by atoms with van der Waals surface area (Å²) in [6, 6.07) is 7.00. The zero-order chi connectivity index (χ0) is 18.4. The highest BCUT2D eigenvalue weighted by Crippen LogP contribution is 2.31. The average molecular weight is 368 g/mol. The summed E-state index contributed by atoms with van der Waals surface area (Å²) in [5.74, 6) is 2.61. The smallest absolute Gasteiger partial charge is 0.245 e. The van der Waals surface area contributed by atoms with Crippen molar-refractivity contribution in [2.45, 2.75) is 32.5 Å². The zero-order valence-corrected chi connectivity index (χ0v) is 15.5. The minimum absolute atomic E-state index is 0.00378. The van der Waals surface area contributed by atoms with E-state index in [2.05, 4.69) is 50.3 Å². The lowest BCUT2D eigenvalue weighted by Gasteiger charge is -2.37. The van der Waals surface area contributed by atoms with Crippen LogP contribution in [0.15, 0.2) is 18.2 Å². The van der Waals surface area contributed by atoms with Gasteiger partial charge in [-0.15, -0.1) is 5.10 Å². The number of aromatic nitrogens is 3. The van der Waals surface area contributed by atoms with Crippen molar-refractivity contribution in [3.8, 4) is 5.75 Å². The van der Waals surface area contributed by atoms with Crippen LogP contribution in [0.3, 0.4) is 0 Å². The summed E-state index contributed by atoms with van der Waals surface area (Å²) in [6.07, 6.45) is 1.02. The lowest BCUT2D eigenvalue weighted by atomic mass is 10.0. The predicted octanol–water partition coefficient (Wildman–Crippen LogP) is 0.726. The molecule has 5 rings (SSSR count). The molecule has 3 aliphatic heterocycles. The molecule has 8 nitrogen and oxygen atoms in total. The molecule has 1 atom stereocenters. The van der Waals surface area contributed by atoms with E-state index in [1.807, 2.05) is 0 Å². The van der Waals surface area contributed by atoms with Crippen molar-refractivity contribution in [3.05, 3.63) is 35.2 Å². The summed E-state index contributed by atoms with van der Waals surface area (Å²) in [5.41, 5.74) is 2.63. The van der Waals surface area contributed by atoms with E-state index in [-0.39, 0.29) is 12.5 Å². The first-order chi connectivity index (χ1) is 13.2. The Labute approximate surface area is 158 Å². The number of hydrogen-bond acceptors (Lipinski definition) is 6. The Kier molecular flexibility index (Phi) is 4.00. The van der Waals surface area contributed by atoms with E-state index in [0.29, 0.717) is 12.6 Å². The number of nitrogens with one attached hydrogen (secondary N) is 1. The number of piperazine rings is 1. The molecule has 1 aromatic carbocycles. The number of anilines is 1. The lowest BCUT2D eigenvalue weighted by Crippen LogP contribution is -2.47. The number of hydrogen-bond donors (Lipinski definition) is 1. The number of fused-ring (bicyclic) bond motifs is 2. The molecular formula is C19H24N6O2. The van der Waals surface area contributed by atoms with Gasteiger partial charge in [-0.05, 0) is 24.1 Å². The van der Waals surface area contributed by atoms with E-state index >= 15 is 0 Å². The Bertz CT molecular complexity index is 871. The molecule has 1 saturated heterocycles. The van der Waals surface area contributed by atoms with Crippen molar-refractivity contribution in [2.24, 2.45) is 0 Å². The molecule has 1 aromatic heterocycles. The first-order valence-electron chi connectivity index (χ1n) is 9.62. The Morgan fingerprint density at radius 2 is 2.07 bits per heavy atom. The van der Waals surface area contributed by atoms with Crippen molar-refractivity contribution >= 4 is 11.9 Å². The van der Waals surface area contributed by atoms with Crippen LogP contribution in [-0.2, 0) is 24.3 Å². The van der Waals surface area contributed by atoms with Crippen LogP contribution in [0.2, 0.25) is 0 Å². The maximum Gasteiger partial charge on any atom is 0.245 e. The first kappa shape index (κ1) is 16.6. The molecule has 0 saturated carbocycles. The molecule has 8 heteroatoms. The van der Waals surface area contributed by atoms with Gasteiger partial charge in [-0.25, -0.2) is 4.68 Å². The number of carbonyl (C=O) groups is 1. The molecule has 4 heterocycles. The van der Waals surface area contributed by atoms with Gasteiger partial charge >= 0.3 is 0 Å². The van der Waals surface area contributed by atoms with Crippen LogP contribution in [-0.4, -0.2) is 58.4 Å². The molecule has 2 aromatic rings. The third-order valence-corrected chi connectivity index (χ3v) is 5.82. The van der Waals surface area contributed by atoms with Crippen LogP contribution in [0.25, 0.3) is 0 Å². The van der Waals surface area contributed by atoms with Crippen LogP contribution in [0.1, 0.15) is 29.9 Å². The first-order valence-corrected chi connectivity index (χ1v) is 9.62. The highest BCUT2D eigenvalue weighted by molar-refractivity contribution is 5.76. The zero-order valence-electron chi connectivity index (χ0n) is 15.5. The van der Waals surface area contributed by atoms with Crippen LogP contribution in [0.4, 0.5) is 5.95 Å². The second kappa shape index (κ2) is 6.53. The van der Waals surface area contributed by atoms with Crippen LogP contribution < -0.4 is 15.0 Å². The molecule has 0 radical (unpaired) electrons. The molecule has 1 N–H and O–H groups in total. The van der Waals surface area contributed by atoms with Gasteiger partial charge in [-0.2, -0.15) is 4.98 Å². The van der Waals surface area contributed by atoms with E-state index in [1.165, 1.54) is 11.1 Å². The number of benzene rings is 1.